The van der Waals surface area contributed by atoms with Gasteiger partial charge in [0, 0.05) is 17.9 Å². The number of nitrogens with one attached hydrogen (secondary N) is 1. The molecule has 0 aromatic heterocycles. The van der Waals surface area contributed by atoms with E-state index >= 15 is 0 Å². The molecule has 0 bridgehead atoms. The van der Waals surface area contributed by atoms with Crippen LogP contribution in [0.3, 0.4) is 0 Å². The molecule has 2 aromatic rings. The van der Waals surface area contributed by atoms with E-state index in [1.54, 1.807) is 11.8 Å². The molecule has 0 aliphatic heterocycles. The average Bonchev–Trinajstić information content (AvgIpc) is 2.81. The molecule has 0 spiro atoms. The molecule has 3 rings (SSSR count). The number of fused-ring (bicyclic) bond motifs is 1. The summed E-state index contributed by atoms with van der Waals surface area (Å²) in [6, 6.07) is 16.9. The van der Waals surface area contributed by atoms with E-state index < -0.39 is 0 Å². The van der Waals surface area contributed by atoms with Crippen molar-refractivity contribution < 1.29 is 5.11 Å². The normalized spacial score (nSPS) is 20.9. The Morgan fingerprint density at radius 3 is 2.65 bits per heavy atom. The third-order valence-electron chi connectivity index (χ3n) is 3.89. The number of benzene rings is 2. The summed E-state index contributed by atoms with van der Waals surface area (Å²) >= 11 is 1.75. The summed E-state index contributed by atoms with van der Waals surface area (Å²) in [5.74, 6) is 0. The van der Waals surface area contributed by atoms with Crippen LogP contribution in [0.4, 0.5) is 0 Å². The Morgan fingerprint density at radius 2 is 1.90 bits per heavy atom. The van der Waals surface area contributed by atoms with Gasteiger partial charge in [0.25, 0.3) is 0 Å². The fraction of sp³-hybridized carbons (Fsp3) is 0.294. The second-order valence-corrected chi connectivity index (χ2v) is 6.06. The number of aliphatic hydroxyl groups excluding tert-OH is 1. The molecule has 1 aliphatic carbocycles. The van der Waals surface area contributed by atoms with Crippen molar-refractivity contribution in [1.29, 1.82) is 0 Å². The minimum atomic E-state index is -0.321. The maximum atomic E-state index is 10.2. The van der Waals surface area contributed by atoms with Gasteiger partial charge in [-0.15, -0.1) is 11.8 Å². The van der Waals surface area contributed by atoms with Gasteiger partial charge < -0.3 is 10.4 Å². The van der Waals surface area contributed by atoms with E-state index in [-0.39, 0.29) is 12.1 Å². The molecule has 1 aliphatic rings. The van der Waals surface area contributed by atoms with E-state index in [1.165, 1.54) is 21.6 Å². The van der Waals surface area contributed by atoms with Gasteiger partial charge in [0.15, 0.2) is 0 Å². The molecular weight excluding hydrogens is 266 g/mol. The van der Waals surface area contributed by atoms with Crippen LogP contribution in [-0.4, -0.2) is 17.5 Å². The lowest BCUT2D eigenvalue weighted by Crippen LogP contribution is -2.28. The lowest BCUT2D eigenvalue weighted by Gasteiger charge is -2.18. The zero-order valence-electron chi connectivity index (χ0n) is 11.5. The zero-order chi connectivity index (χ0) is 13.9. The van der Waals surface area contributed by atoms with Gasteiger partial charge in [0.1, 0.15) is 0 Å². The minimum absolute atomic E-state index is 0.0476. The summed E-state index contributed by atoms with van der Waals surface area (Å²) < 4.78 is 0. The Bertz CT molecular complexity index is 582. The van der Waals surface area contributed by atoms with Gasteiger partial charge in [-0.05, 0) is 35.1 Å². The summed E-state index contributed by atoms with van der Waals surface area (Å²) in [7, 11) is 0. The number of hydrogen-bond donors (Lipinski definition) is 2. The molecule has 2 N–H and O–H groups in total. The number of hydrogen-bond acceptors (Lipinski definition) is 3. The second kappa shape index (κ2) is 6.00. The van der Waals surface area contributed by atoms with Gasteiger partial charge >= 0.3 is 0 Å². The van der Waals surface area contributed by atoms with Crippen LogP contribution in [0, 0.1) is 0 Å². The Kier molecular flexibility index (Phi) is 4.10. The first-order valence-corrected chi connectivity index (χ1v) is 8.12. The van der Waals surface area contributed by atoms with Crippen molar-refractivity contribution in [2.75, 3.05) is 6.26 Å². The first-order valence-electron chi connectivity index (χ1n) is 6.90. The molecule has 104 valence electrons. The minimum Gasteiger partial charge on any atom is -0.391 e. The zero-order valence-corrected chi connectivity index (χ0v) is 12.4. The van der Waals surface area contributed by atoms with Gasteiger partial charge in [-0.25, -0.2) is 0 Å². The topological polar surface area (TPSA) is 32.3 Å². The predicted octanol–water partition coefficient (Wildman–Crippen LogP) is 3.16. The smallest absolute Gasteiger partial charge is 0.0775 e. The maximum Gasteiger partial charge on any atom is 0.0775 e. The first kappa shape index (κ1) is 13.7. The van der Waals surface area contributed by atoms with Crippen LogP contribution in [0.15, 0.2) is 53.4 Å². The molecule has 2 aromatic carbocycles. The highest BCUT2D eigenvalue weighted by Crippen LogP contribution is 2.31. The lowest BCUT2D eigenvalue weighted by molar-refractivity contribution is 0.140. The highest BCUT2D eigenvalue weighted by Gasteiger charge is 2.29. The van der Waals surface area contributed by atoms with E-state index in [1.807, 2.05) is 12.1 Å². The van der Waals surface area contributed by atoms with E-state index in [0.717, 1.165) is 13.0 Å². The second-order valence-electron chi connectivity index (χ2n) is 5.18. The van der Waals surface area contributed by atoms with Crippen molar-refractivity contribution in [2.24, 2.45) is 0 Å². The average molecular weight is 285 g/mol. The Balaban J connectivity index is 1.69. The van der Waals surface area contributed by atoms with Gasteiger partial charge in [-0.2, -0.15) is 0 Å². The predicted molar refractivity (Wildman–Crippen MR) is 84.0 cm³/mol. The molecule has 0 heterocycles. The summed E-state index contributed by atoms with van der Waals surface area (Å²) in [5.41, 5.74) is 3.75. The third-order valence-corrected chi connectivity index (χ3v) is 4.63. The Labute approximate surface area is 124 Å². The Morgan fingerprint density at radius 1 is 1.15 bits per heavy atom. The molecule has 0 amide bonds. The first-order chi connectivity index (χ1) is 9.78. The summed E-state index contributed by atoms with van der Waals surface area (Å²) in [6.07, 6.45) is 2.51. The molecule has 0 unspecified atom stereocenters. The third kappa shape index (κ3) is 2.75. The molecule has 2 atom stereocenters. The number of thioether (sulfide) groups is 1. The Hall–Kier alpha value is -1.29. The van der Waals surface area contributed by atoms with Crippen molar-refractivity contribution >= 4 is 11.8 Å². The van der Waals surface area contributed by atoms with E-state index in [9.17, 15) is 5.11 Å². The standard InChI is InChI=1S/C17H19NOS/c1-20-14-8-6-12(7-9-14)11-18-17-15-5-3-2-4-13(15)10-16(17)19/h2-9,16-19H,10-11H2,1H3/t16-,17+/m0/s1. The largest absolute Gasteiger partial charge is 0.391 e. The number of rotatable bonds is 4. The van der Waals surface area contributed by atoms with Gasteiger partial charge in [-0.1, -0.05) is 36.4 Å². The fourth-order valence-corrected chi connectivity index (χ4v) is 3.20. The van der Waals surface area contributed by atoms with Crippen molar-refractivity contribution in [1.82, 2.24) is 5.32 Å². The van der Waals surface area contributed by atoms with Crippen molar-refractivity contribution in [3.8, 4) is 0 Å². The van der Waals surface area contributed by atoms with Crippen LogP contribution in [0.5, 0.6) is 0 Å². The fourth-order valence-electron chi connectivity index (χ4n) is 2.79. The van der Waals surface area contributed by atoms with Crippen LogP contribution in [-0.2, 0) is 13.0 Å². The van der Waals surface area contributed by atoms with Crippen LogP contribution in [0.2, 0.25) is 0 Å². The molecule has 20 heavy (non-hydrogen) atoms. The van der Waals surface area contributed by atoms with Gasteiger partial charge in [0.05, 0.1) is 12.1 Å². The molecule has 0 saturated heterocycles. The van der Waals surface area contributed by atoms with Crippen molar-refractivity contribution in [2.45, 2.75) is 30.0 Å². The highest BCUT2D eigenvalue weighted by atomic mass is 32.2. The summed E-state index contributed by atoms with van der Waals surface area (Å²) in [4.78, 5) is 1.28. The maximum absolute atomic E-state index is 10.2. The van der Waals surface area contributed by atoms with E-state index in [2.05, 4.69) is 48.0 Å². The molecule has 3 heteroatoms. The van der Waals surface area contributed by atoms with Crippen molar-refractivity contribution in [3.05, 3.63) is 65.2 Å². The molecule has 0 saturated carbocycles. The quantitative estimate of drug-likeness (QED) is 0.846. The SMILES string of the molecule is CSc1ccc(CN[C@@H]2c3ccccc3C[C@@H]2O)cc1. The van der Waals surface area contributed by atoms with Crippen LogP contribution >= 0.6 is 11.8 Å². The van der Waals surface area contributed by atoms with Crippen molar-refractivity contribution in [3.63, 3.8) is 0 Å². The van der Waals surface area contributed by atoms with Gasteiger partial charge in [0.2, 0.25) is 0 Å². The molecular formula is C17H19NOS. The summed E-state index contributed by atoms with van der Waals surface area (Å²) in [6.45, 7) is 0.782. The summed E-state index contributed by atoms with van der Waals surface area (Å²) in [5, 5.41) is 13.7. The van der Waals surface area contributed by atoms with E-state index in [0.29, 0.717) is 0 Å². The highest BCUT2D eigenvalue weighted by molar-refractivity contribution is 7.98. The van der Waals surface area contributed by atoms with Crippen LogP contribution < -0.4 is 5.32 Å². The molecule has 0 fully saturated rings. The molecule has 0 radical (unpaired) electrons. The lowest BCUT2D eigenvalue weighted by atomic mass is 10.1. The van der Waals surface area contributed by atoms with Crippen LogP contribution in [0.1, 0.15) is 22.7 Å². The van der Waals surface area contributed by atoms with E-state index in [4.69, 9.17) is 0 Å². The number of aliphatic hydroxyl groups is 1. The van der Waals surface area contributed by atoms with Gasteiger partial charge in [-0.3, -0.25) is 0 Å². The van der Waals surface area contributed by atoms with Crippen LogP contribution in [0.25, 0.3) is 0 Å². The molecule has 2 nitrogen and oxygen atoms in total. The monoisotopic (exact) mass is 285 g/mol.